The number of aromatic nitrogens is 1. The molecule has 0 aliphatic heterocycles. The summed E-state index contributed by atoms with van der Waals surface area (Å²) in [5, 5.41) is 27.7. The number of carboxylic acid groups (broad SMARTS) is 3. The van der Waals surface area contributed by atoms with Crippen LogP contribution in [0.5, 0.6) is 5.75 Å². The quantitative estimate of drug-likeness (QED) is 0.445. The Morgan fingerprint density at radius 3 is 2.22 bits per heavy atom. The normalized spacial score (nSPS) is 11.6. The fourth-order valence-electron chi connectivity index (χ4n) is 2.33. The third-order valence-corrected chi connectivity index (χ3v) is 4.16. The Hall–Kier alpha value is -3.34. The molecule has 0 aliphatic carbocycles. The Labute approximate surface area is 159 Å². The highest BCUT2D eigenvalue weighted by molar-refractivity contribution is 9.10. The molecule has 0 amide bonds. The van der Waals surface area contributed by atoms with E-state index in [1.807, 2.05) is 4.98 Å². The van der Waals surface area contributed by atoms with Crippen LogP contribution in [0.2, 0.25) is 0 Å². The van der Waals surface area contributed by atoms with E-state index in [0.29, 0.717) is 0 Å². The van der Waals surface area contributed by atoms with Crippen LogP contribution < -0.4 is 16.0 Å². The Balaban J connectivity index is 2.73. The highest BCUT2D eigenvalue weighted by Gasteiger charge is 2.27. The van der Waals surface area contributed by atoms with Gasteiger partial charge in [-0.05, 0) is 40.5 Å². The van der Waals surface area contributed by atoms with Crippen LogP contribution >= 0.6 is 15.9 Å². The number of aliphatic carboxylic acids is 1. The zero-order chi connectivity index (χ0) is 20.5. The number of halogens is 1. The van der Waals surface area contributed by atoms with Gasteiger partial charge in [0.2, 0.25) is 0 Å². The van der Waals surface area contributed by atoms with Gasteiger partial charge in [0.25, 0.3) is 5.56 Å². The van der Waals surface area contributed by atoms with Crippen molar-refractivity contribution in [1.82, 2.24) is 4.98 Å². The van der Waals surface area contributed by atoms with Crippen LogP contribution in [0.1, 0.15) is 27.6 Å². The van der Waals surface area contributed by atoms with Crippen LogP contribution in [-0.4, -0.2) is 44.3 Å². The van der Waals surface area contributed by atoms with Gasteiger partial charge in [-0.3, -0.25) is 4.79 Å². The molecule has 1 unspecified atom stereocenters. The molecule has 2 rings (SSSR count). The molecule has 2 aromatic rings. The Kier molecular flexibility index (Phi) is 5.55. The summed E-state index contributed by atoms with van der Waals surface area (Å²) in [6, 6.07) is 3.91. The van der Waals surface area contributed by atoms with Gasteiger partial charge in [0.15, 0.2) is 6.10 Å². The first kappa shape index (κ1) is 20.0. The number of rotatable bonds is 6. The number of carboxylic acids is 3. The number of H-pyrrole nitrogens is 1. The molecule has 0 radical (unpaired) electrons. The second kappa shape index (κ2) is 7.50. The van der Waals surface area contributed by atoms with Crippen molar-refractivity contribution in [2.45, 2.75) is 13.0 Å². The number of anilines is 1. The zero-order valence-electron chi connectivity index (χ0n) is 13.6. The first-order chi connectivity index (χ1) is 12.5. The summed E-state index contributed by atoms with van der Waals surface area (Å²) in [7, 11) is 0. The molecule has 10 nitrogen and oxygen atoms in total. The molecule has 0 bridgehead atoms. The lowest BCUT2D eigenvalue weighted by molar-refractivity contribution is -0.144. The maximum atomic E-state index is 12.0. The van der Waals surface area contributed by atoms with E-state index >= 15 is 0 Å². The lowest BCUT2D eigenvalue weighted by Gasteiger charge is -2.15. The van der Waals surface area contributed by atoms with Crippen LogP contribution in [0.25, 0.3) is 11.1 Å². The number of ether oxygens (including phenoxy) is 1. The van der Waals surface area contributed by atoms with Crippen molar-refractivity contribution in [3.63, 3.8) is 0 Å². The number of nitrogens with one attached hydrogen (secondary N) is 1. The Morgan fingerprint density at radius 1 is 1.15 bits per heavy atom. The van der Waals surface area contributed by atoms with Crippen LogP contribution in [0.4, 0.5) is 5.82 Å². The van der Waals surface area contributed by atoms with E-state index in [1.54, 1.807) is 0 Å². The van der Waals surface area contributed by atoms with E-state index in [0.717, 1.165) is 0 Å². The van der Waals surface area contributed by atoms with Crippen molar-refractivity contribution in [3.8, 4) is 16.9 Å². The summed E-state index contributed by atoms with van der Waals surface area (Å²) in [6.45, 7) is 1.31. The molecular formula is C16H13BrN2O8. The summed E-state index contributed by atoms with van der Waals surface area (Å²) < 4.78 is 5.45. The molecule has 142 valence electrons. The number of benzene rings is 1. The maximum Gasteiger partial charge on any atom is 0.344 e. The number of aromatic amines is 1. The predicted molar refractivity (Wildman–Crippen MR) is 96.3 cm³/mol. The van der Waals surface area contributed by atoms with Gasteiger partial charge in [0.1, 0.15) is 22.7 Å². The summed E-state index contributed by atoms with van der Waals surface area (Å²) in [4.78, 5) is 48.0. The van der Waals surface area contributed by atoms with Gasteiger partial charge in [0.05, 0.1) is 4.47 Å². The van der Waals surface area contributed by atoms with Gasteiger partial charge in [-0.15, -0.1) is 0 Å². The maximum absolute atomic E-state index is 12.0. The summed E-state index contributed by atoms with van der Waals surface area (Å²) in [5.41, 5.74) is 2.82. The van der Waals surface area contributed by atoms with Gasteiger partial charge in [0, 0.05) is 5.56 Å². The molecule has 6 N–H and O–H groups in total. The van der Waals surface area contributed by atoms with Crippen molar-refractivity contribution < 1.29 is 34.4 Å². The first-order valence-electron chi connectivity index (χ1n) is 7.26. The van der Waals surface area contributed by atoms with Crippen molar-refractivity contribution in [3.05, 3.63) is 44.2 Å². The highest BCUT2D eigenvalue weighted by atomic mass is 79.9. The average molecular weight is 441 g/mol. The molecule has 1 aromatic heterocycles. The van der Waals surface area contributed by atoms with Gasteiger partial charge in [-0.1, -0.05) is 6.07 Å². The smallest absolute Gasteiger partial charge is 0.344 e. The summed E-state index contributed by atoms with van der Waals surface area (Å²) in [5.74, 6) is -4.74. The van der Waals surface area contributed by atoms with Crippen molar-refractivity contribution in [1.29, 1.82) is 0 Å². The number of nitrogen functional groups attached to an aromatic ring is 1. The lowest BCUT2D eigenvalue weighted by atomic mass is 9.95. The minimum atomic E-state index is -1.63. The van der Waals surface area contributed by atoms with E-state index in [4.69, 9.17) is 15.6 Å². The number of nitrogens with two attached hydrogens (primary N) is 1. The minimum absolute atomic E-state index is 0.0600. The standard InChI is InChI=1S/C16H13BrN2O8/c1-5(14(21)22)27-8-3-2-6(4-7(8)17)9-10(15(23)24)12(18)19-13(20)11(9)16(25)26/h2-5H,1H3,(H,21,22)(H,23,24)(H,25,26)(H3,18,19,20). The third-order valence-electron chi connectivity index (χ3n) is 3.54. The van der Waals surface area contributed by atoms with E-state index in [9.17, 15) is 29.4 Å². The van der Waals surface area contributed by atoms with Crippen LogP contribution in [0.3, 0.4) is 0 Å². The SMILES string of the molecule is CC(Oc1ccc(-c2c(C(=O)O)c(N)[nH]c(=O)c2C(=O)O)cc1Br)C(=O)O. The Morgan fingerprint density at radius 2 is 1.74 bits per heavy atom. The molecular weight excluding hydrogens is 428 g/mol. The van der Waals surface area contributed by atoms with Crippen molar-refractivity contribution >= 4 is 39.7 Å². The van der Waals surface area contributed by atoms with E-state index in [2.05, 4.69) is 15.9 Å². The molecule has 0 saturated carbocycles. The number of pyridine rings is 1. The van der Waals surface area contributed by atoms with Gasteiger partial charge < -0.3 is 30.8 Å². The van der Waals surface area contributed by atoms with Crippen molar-refractivity contribution in [2.75, 3.05) is 5.73 Å². The summed E-state index contributed by atoms with van der Waals surface area (Å²) >= 11 is 3.15. The van der Waals surface area contributed by atoms with Gasteiger partial charge in [-0.2, -0.15) is 0 Å². The minimum Gasteiger partial charge on any atom is -0.479 e. The number of hydrogen-bond donors (Lipinski definition) is 5. The topological polar surface area (TPSA) is 180 Å². The zero-order valence-corrected chi connectivity index (χ0v) is 15.2. The lowest BCUT2D eigenvalue weighted by Crippen LogP contribution is -2.24. The Bertz CT molecular complexity index is 1010. The third kappa shape index (κ3) is 3.92. The largest absolute Gasteiger partial charge is 0.479 e. The average Bonchev–Trinajstić information content (AvgIpc) is 2.54. The fourth-order valence-corrected chi connectivity index (χ4v) is 2.80. The second-order valence-electron chi connectivity index (χ2n) is 5.35. The summed E-state index contributed by atoms with van der Waals surface area (Å²) in [6.07, 6.45) is -1.16. The van der Waals surface area contributed by atoms with Gasteiger partial charge in [-0.25, -0.2) is 14.4 Å². The number of carbonyl (C=O) groups is 3. The molecule has 0 aliphatic rings. The second-order valence-corrected chi connectivity index (χ2v) is 6.20. The van der Waals surface area contributed by atoms with E-state index in [-0.39, 0.29) is 21.3 Å². The molecule has 0 spiro atoms. The fraction of sp³-hybridized carbons (Fsp3) is 0.125. The van der Waals surface area contributed by atoms with E-state index in [1.165, 1.54) is 25.1 Å². The van der Waals surface area contributed by atoms with E-state index < -0.39 is 46.5 Å². The number of aromatic carboxylic acids is 2. The molecule has 0 fully saturated rings. The predicted octanol–water partition coefficient (Wildman–Crippen LogP) is 1.63. The number of hydrogen-bond acceptors (Lipinski definition) is 6. The van der Waals surface area contributed by atoms with Gasteiger partial charge >= 0.3 is 17.9 Å². The highest BCUT2D eigenvalue weighted by Crippen LogP contribution is 2.35. The van der Waals surface area contributed by atoms with Crippen LogP contribution in [-0.2, 0) is 4.79 Å². The van der Waals surface area contributed by atoms with Crippen molar-refractivity contribution in [2.24, 2.45) is 0 Å². The van der Waals surface area contributed by atoms with Crippen LogP contribution in [0, 0.1) is 0 Å². The molecule has 1 atom stereocenters. The monoisotopic (exact) mass is 440 g/mol. The molecule has 1 aromatic carbocycles. The van der Waals surface area contributed by atoms with Crippen LogP contribution in [0.15, 0.2) is 27.5 Å². The first-order valence-corrected chi connectivity index (χ1v) is 8.05. The molecule has 11 heteroatoms. The molecule has 1 heterocycles. The molecule has 27 heavy (non-hydrogen) atoms. The molecule has 0 saturated heterocycles.